The molecule has 0 aliphatic carbocycles. The van der Waals surface area contributed by atoms with E-state index in [1.54, 1.807) is 12.4 Å². The van der Waals surface area contributed by atoms with Crippen LogP contribution in [0.2, 0.25) is 5.02 Å². The van der Waals surface area contributed by atoms with Crippen LogP contribution in [0.3, 0.4) is 0 Å². The molecule has 0 saturated carbocycles. The number of ether oxygens (including phenoxy) is 3. The molecule has 6 heteroatoms. The van der Waals surface area contributed by atoms with Gasteiger partial charge in [-0.1, -0.05) is 17.7 Å². The van der Waals surface area contributed by atoms with Gasteiger partial charge in [-0.2, -0.15) is 0 Å². The minimum Gasteiger partial charge on any atom is -0.488 e. The molecule has 4 rings (SSSR count). The van der Waals surface area contributed by atoms with E-state index in [1.165, 1.54) is 0 Å². The van der Waals surface area contributed by atoms with E-state index in [1.807, 2.05) is 48.5 Å². The Labute approximate surface area is 162 Å². The number of halogens is 1. The van der Waals surface area contributed by atoms with Crippen LogP contribution in [0.15, 0.2) is 60.9 Å². The molecule has 0 bridgehead atoms. The molecular formula is C21H19ClN2O3. The molecule has 0 atom stereocenters. The van der Waals surface area contributed by atoms with Gasteiger partial charge in [0, 0.05) is 46.8 Å². The van der Waals surface area contributed by atoms with Crippen molar-refractivity contribution in [1.29, 1.82) is 0 Å². The summed E-state index contributed by atoms with van der Waals surface area (Å²) in [6.45, 7) is 2.17. The van der Waals surface area contributed by atoms with Gasteiger partial charge >= 0.3 is 0 Å². The maximum atomic E-state index is 6.18. The predicted octanol–water partition coefficient (Wildman–Crippen LogP) is 4.70. The summed E-state index contributed by atoms with van der Waals surface area (Å²) < 4.78 is 17.2. The van der Waals surface area contributed by atoms with Crippen molar-refractivity contribution in [2.45, 2.75) is 13.2 Å². The summed E-state index contributed by atoms with van der Waals surface area (Å²) in [6.07, 6.45) is 3.54. The zero-order chi connectivity index (χ0) is 18.5. The van der Waals surface area contributed by atoms with Crippen molar-refractivity contribution >= 4 is 17.3 Å². The Bertz CT molecular complexity index is 919. The number of hydrogen-bond donors (Lipinski definition) is 1. The molecule has 0 fully saturated rings. The number of hydrogen-bond acceptors (Lipinski definition) is 5. The fraction of sp³-hybridized carbons (Fsp3) is 0.190. The zero-order valence-electron chi connectivity index (χ0n) is 14.7. The van der Waals surface area contributed by atoms with Crippen molar-refractivity contribution in [1.82, 2.24) is 4.98 Å². The topological polar surface area (TPSA) is 52.6 Å². The van der Waals surface area contributed by atoms with Crippen molar-refractivity contribution in [3.63, 3.8) is 0 Å². The number of nitrogens with one attached hydrogen (secondary N) is 1. The van der Waals surface area contributed by atoms with E-state index in [-0.39, 0.29) is 0 Å². The molecule has 1 N–H and O–H groups in total. The molecule has 2 heterocycles. The SMILES string of the molecule is Clc1ccc(OCc2cccnc2)c(CNc2ccc3c(c2)OCCO3)c1. The fourth-order valence-electron chi connectivity index (χ4n) is 2.82. The molecular weight excluding hydrogens is 364 g/mol. The van der Waals surface area contributed by atoms with Crippen LogP contribution in [-0.4, -0.2) is 18.2 Å². The summed E-state index contributed by atoms with van der Waals surface area (Å²) >= 11 is 6.18. The second-order valence-electron chi connectivity index (χ2n) is 6.11. The average Bonchev–Trinajstić information content (AvgIpc) is 2.72. The van der Waals surface area contributed by atoms with Crippen molar-refractivity contribution in [3.8, 4) is 17.2 Å². The minimum absolute atomic E-state index is 0.451. The molecule has 3 aromatic rings. The van der Waals surface area contributed by atoms with E-state index in [4.69, 9.17) is 25.8 Å². The maximum absolute atomic E-state index is 6.18. The van der Waals surface area contributed by atoms with Gasteiger partial charge in [-0.15, -0.1) is 0 Å². The summed E-state index contributed by atoms with van der Waals surface area (Å²) in [6, 6.07) is 15.3. The third-order valence-electron chi connectivity index (χ3n) is 4.16. The van der Waals surface area contributed by atoms with Gasteiger partial charge in [0.25, 0.3) is 0 Å². The van der Waals surface area contributed by atoms with Gasteiger partial charge in [0.2, 0.25) is 0 Å². The maximum Gasteiger partial charge on any atom is 0.163 e. The Kier molecular flexibility index (Phi) is 5.30. The van der Waals surface area contributed by atoms with Crippen molar-refractivity contribution < 1.29 is 14.2 Å². The highest BCUT2D eigenvalue weighted by Gasteiger charge is 2.12. The molecule has 0 saturated heterocycles. The average molecular weight is 383 g/mol. The van der Waals surface area contributed by atoms with Crippen molar-refractivity contribution in [2.24, 2.45) is 0 Å². The number of pyridine rings is 1. The van der Waals surface area contributed by atoms with Crippen molar-refractivity contribution in [2.75, 3.05) is 18.5 Å². The molecule has 5 nitrogen and oxygen atoms in total. The van der Waals surface area contributed by atoms with Gasteiger partial charge in [-0.25, -0.2) is 0 Å². The van der Waals surface area contributed by atoms with Crippen LogP contribution in [0.25, 0.3) is 0 Å². The molecule has 0 radical (unpaired) electrons. The normalized spacial score (nSPS) is 12.5. The lowest BCUT2D eigenvalue weighted by Crippen LogP contribution is -2.15. The minimum atomic E-state index is 0.451. The highest BCUT2D eigenvalue weighted by Crippen LogP contribution is 2.33. The highest BCUT2D eigenvalue weighted by molar-refractivity contribution is 6.30. The number of nitrogens with zero attached hydrogens (tertiary/aromatic N) is 1. The third-order valence-corrected chi connectivity index (χ3v) is 4.40. The first-order chi connectivity index (χ1) is 13.3. The molecule has 1 aliphatic heterocycles. The van der Waals surface area contributed by atoms with Gasteiger partial charge in [0.15, 0.2) is 11.5 Å². The quantitative estimate of drug-likeness (QED) is 0.669. The van der Waals surface area contributed by atoms with Crippen LogP contribution >= 0.6 is 11.6 Å². The van der Waals surface area contributed by atoms with Gasteiger partial charge in [-0.05, 0) is 36.4 Å². The van der Waals surface area contributed by atoms with Crippen LogP contribution < -0.4 is 19.5 Å². The number of anilines is 1. The lowest BCUT2D eigenvalue weighted by atomic mass is 10.2. The van der Waals surface area contributed by atoms with Gasteiger partial charge in [0.05, 0.1) is 0 Å². The largest absolute Gasteiger partial charge is 0.488 e. The molecule has 0 unspecified atom stereocenters. The summed E-state index contributed by atoms with van der Waals surface area (Å²) in [4.78, 5) is 4.11. The van der Waals surface area contributed by atoms with Gasteiger partial charge in [0.1, 0.15) is 25.6 Å². The lowest BCUT2D eigenvalue weighted by Gasteiger charge is -2.19. The first kappa shape index (κ1) is 17.5. The standard InChI is InChI=1S/C21H19ClN2O3/c22-17-3-5-19(27-14-15-2-1-7-23-12-15)16(10-17)13-24-18-4-6-20-21(11-18)26-9-8-25-20/h1-7,10-12,24H,8-9,13-14H2. The van der Waals surface area contributed by atoms with E-state index >= 15 is 0 Å². The number of aromatic nitrogens is 1. The van der Waals surface area contributed by atoms with Crippen molar-refractivity contribution in [3.05, 3.63) is 77.1 Å². The monoisotopic (exact) mass is 382 g/mol. The van der Waals surface area contributed by atoms with E-state index < -0.39 is 0 Å². The van der Waals surface area contributed by atoms with Gasteiger partial charge < -0.3 is 19.5 Å². The van der Waals surface area contributed by atoms with Crippen LogP contribution in [0.4, 0.5) is 5.69 Å². The number of benzene rings is 2. The van der Waals surface area contributed by atoms with Crippen LogP contribution in [-0.2, 0) is 13.2 Å². The third kappa shape index (κ3) is 4.44. The first-order valence-corrected chi connectivity index (χ1v) is 9.09. The molecule has 2 aromatic carbocycles. The molecule has 1 aliphatic rings. The first-order valence-electron chi connectivity index (χ1n) is 8.71. The van der Waals surface area contributed by atoms with E-state index in [2.05, 4.69) is 10.3 Å². The van der Waals surface area contributed by atoms with E-state index in [9.17, 15) is 0 Å². The molecule has 0 spiro atoms. The smallest absolute Gasteiger partial charge is 0.163 e. The lowest BCUT2D eigenvalue weighted by molar-refractivity contribution is 0.171. The van der Waals surface area contributed by atoms with E-state index in [0.717, 1.165) is 34.1 Å². The fourth-order valence-corrected chi connectivity index (χ4v) is 3.02. The Morgan fingerprint density at radius 1 is 1.04 bits per heavy atom. The van der Waals surface area contributed by atoms with E-state index in [0.29, 0.717) is 31.4 Å². The van der Waals surface area contributed by atoms with Crippen LogP contribution in [0.5, 0.6) is 17.2 Å². The Morgan fingerprint density at radius 2 is 1.93 bits per heavy atom. The molecule has 1 aromatic heterocycles. The van der Waals surface area contributed by atoms with Crippen LogP contribution in [0.1, 0.15) is 11.1 Å². The summed E-state index contributed by atoms with van der Waals surface area (Å²) in [5.41, 5.74) is 2.93. The summed E-state index contributed by atoms with van der Waals surface area (Å²) in [7, 11) is 0. The Balaban J connectivity index is 1.45. The zero-order valence-corrected chi connectivity index (χ0v) is 15.4. The Morgan fingerprint density at radius 3 is 2.78 bits per heavy atom. The highest BCUT2D eigenvalue weighted by atomic mass is 35.5. The Hall–Kier alpha value is -2.92. The van der Waals surface area contributed by atoms with Gasteiger partial charge in [-0.3, -0.25) is 4.98 Å². The second-order valence-corrected chi connectivity index (χ2v) is 6.55. The number of rotatable bonds is 6. The summed E-state index contributed by atoms with van der Waals surface area (Å²) in [5, 5.41) is 4.06. The number of fused-ring (bicyclic) bond motifs is 1. The molecule has 27 heavy (non-hydrogen) atoms. The van der Waals surface area contributed by atoms with Crippen LogP contribution in [0, 0.1) is 0 Å². The summed E-state index contributed by atoms with van der Waals surface area (Å²) in [5.74, 6) is 2.31. The molecule has 0 amide bonds. The predicted molar refractivity (Wildman–Crippen MR) is 105 cm³/mol. The molecule has 138 valence electrons. The second kappa shape index (κ2) is 8.18.